The molecule has 0 spiro atoms. The zero-order valence-corrected chi connectivity index (χ0v) is 19.1. The van der Waals surface area contributed by atoms with Gasteiger partial charge in [0, 0.05) is 30.1 Å². The first kappa shape index (κ1) is 20.8. The Bertz CT molecular complexity index is 1490. The predicted molar refractivity (Wildman–Crippen MR) is 127 cm³/mol. The molecule has 5 rings (SSSR count). The van der Waals surface area contributed by atoms with Gasteiger partial charge in [-0.25, -0.2) is 13.9 Å². The number of nitrogens with zero attached hydrogens (tertiary/aromatic N) is 6. The number of aromatic amines is 1. The van der Waals surface area contributed by atoms with Crippen molar-refractivity contribution in [3.8, 4) is 28.5 Å². The summed E-state index contributed by atoms with van der Waals surface area (Å²) in [5, 5.41) is 22.2. The van der Waals surface area contributed by atoms with Crippen LogP contribution in [0.4, 0.5) is 15.2 Å². The van der Waals surface area contributed by atoms with Gasteiger partial charge in [-0.05, 0) is 55.3 Å². The monoisotopic (exact) mass is 457 g/mol. The number of aromatic nitrogens is 5. The lowest BCUT2D eigenvalue weighted by Gasteiger charge is -2.16. The molecule has 0 unspecified atom stereocenters. The molecule has 9 heteroatoms. The number of hydrogen-bond donors (Lipinski definition) is 1. The van der Waals surface area contributed by atoms with Gasteiger partial charge in [-0.2, -0.15) is 15.5 Å². The quantitative estimate of drug-likeness (QED) is 0.377. The summed E-state index contributed by atoms with van der Waals surface area (Å²) in [5.41, 5.74) is 7.11. The number of rotatable bonds is 5. The second-order valence-electron chi connectivity index (χ2n) is 7.67. The van der Waals surface area contributed by atoms with E-state index in [1.165, 1.54) is 23.5 Å². The minimum absolute atomic E-state index is 0.326. The molecule has 0 saturated heterocycles. The molecule has 0 aliphatic heterocycles. The maximum Gasteiger partial charge on any atom is 0.191 e. The molecule has 0 fully saturated rings. The van der Waals surface area contributed by atoms with E-state index in [-0.39, 0.29) is 5.82 Å². The molecule has 0 amide bonds. The summed E-state index contributed by atoms with van der Waals surface area (Å²) in [5.74, 6) is -0.326. The van der Waals surface area contributed by atoms with Crippen LogP contribution in [0.15, 0.2) is 48.8 Å². The highest BCUT2D eigenvalue weighted by molar-refractivity contribution is 7.16. The van der Waals surface area contributed by atoms with E-state index in [9.17, 15) is 9.65 Å². The Morgan fingerprint density at radius 3 is 2.64 bits per heavy atom. The Hall–Kier alpha value is -4.03. The number of benzene rings is 1. The van der Waals surface area contributed by atoms with Crippen molar-refractivity contribution in [2.75, 3.05) is 11.9 Å². The van der Waals surface area contributed by atoms with Crippen molar-refractivity contribution in [2.45, 2.75) is 20.3 Å². The zero-order valence-electron chi connectivity index (χ0n) is 18.3. The van der Waals surface area contributed by atoms with Gasteiger partial charge in [0.15, 0.2) is 5.13 Å². The Morgan fingerprint density at radius 1 is 1.18 bits per heavy atom. The second kappa shape index (κ2) is 8.15. The summed E-state index contributed by atoms with van der Waals surface area (Å²) in [7, 11) is 1.93. The fourth-order valence-corrected chi connectivity index (χ4v) is 4.80. The number of H-pyrrole nitrogens is 1. The number of pyridine rings is 1. The highest BCUT2D eigenvalue weighted by Gasteiger charge is 2.23. The Kier molecular flexibility index (Phi) is 5.15. The lowest BCUT2D eigenvalue weighted by molar-refractivity contribution is 0.628. The summed E-state index contributed by atoms with van der Waals surface area (Å²) in [6.45, 7) is 4.09. The number of thiazole rings is 1. The number of anilines is 2. The summed E-state index contributed by atoms with van der Waals surface area (Å²) >= 11 is 1.31. The third-order valence-electron chi connectivity index (χ3n) is 5.58. The van der Waals surface area contributed by atoms with Gasteiger partial charge in [0.25, 0.3) is 0 Å². The second-order valence-corrected chi connectivity index (χ2v) is 8.65. The topological polar surface area (TPSA) is 85.9 Å². The molecule has 4 heterocycles. The van der Waals surface area contributed by atoms with Crippen molar-refractivity contribution in [1.82, 2.24) is 24.8 Å². The molecule has 0 aliphatic carbocycles. The smallest absolute Gasteiger partial charge is 0.191 e. The number of fused-ring (bicyclic) bond motifs is 1. The highest BCUT2D eigenvalue weighted by atomic mass is 32.1. The molecule has 33 heavy (non-hydrogen) atoms. The van der Waals surface area contributed by atoms with Gasteiger partial charge in [-0.3, -0.25) is 5.10 Å². The number of hydrogen-bond acceptors (Lipinski definition) is 6. The molecule has 4 aromatic heterocycles. The van der Waals surface area contributed by atoms with Crippen LogP contribution in [0.2, 0.25) is 0 Å². The summed E-state index contributed by atoms with van der Waals surface area (Å²) in [4.78, 5) is 7.23. The zero-order chi connectivity index (χ0) is 23.1. The molecule has 164 valence electrons. The lowest BCUT2D eigenvalue weighted by atomic mass is 10.1. The molecular weight excluding hydrogens is 437 g/mol. The molecular formula is C24H20FN7S. The van der Waals surface area contributed by atoms with Gasteiger partial charge in [0.2, 0.25) is 0 Å². The van der Waals surface area contributed by atoms with Crippen LogP contribution in [0, 0.1) is 24.1 Å². The van der Waals surface area contributed by atoms with Crippen molar-refractivity contribution in [2.24, 2.45) is 0 Å². The Morgan fingerprint density at radius 2 is 1.97 bits per heavy atom. The van der Waals surface area contributed by atoms with Crippen molar-refractivity contribution in [1.29, 1.82) is 5.26 Å². The van der Waals surface area contributed by atoms with E-state index in [4.69, 9.17) is 10.1 Å². The van der Waals surface area contributed by atoms with Crippen molar-refractivity contribution in [3.05, 3.63) is 70.9 Å². The number of nitrogens with one attached hydrogen (secondary N) is 1. The van der Waals surface area contributed by atoms with E-state index < -0.39 is 0 Å². The Labute approximate surface area is 193 Å². The average Bonchev–Trinajstić information content (AvgIpc) is 3.57. The van der Waals surface area contributed by atoms with E-state index in [1.807, 2.05) is 29.6 Å². The van der Waals surface area contributed by atoms with E-state index in [1.54, 1.807) is 18.3 Å². The first-order valence-corrected chi connectivity index (χ1v) is 11.2. The third-order valence-corrected chi connectivity index (χ3v) is 6.62. The van der Waals surface area contributed by atoms with Crippen LogP contribution >= 0.6 is 11.3 Å². The summed E-state index contributed by atoms with van der Waals surface area (Å²) < 4.78 is 15.3. The van der Waals surface area contributed by atoms with Crippen molar-refractivity contribution >= 4 is 27.7 Å². The molecule has 0 aliphatic rings. The molecule has 1 aromatic carbocycles. The molecule has 0 saturated carbocycles. The summed E-state index contributed by atoms with van der Waals surface area (Å²) in [6, 6.07) is 12.4. The number of aryl methyl sites for hydroxylation is 2. The molecule has 7 nitrogen and oxygen atoms in total. The fraction of sp³-hybridized carbons (Fsp3) is 0.167. The first-order chi connectivity index (χ1) is 16.0. The van der Waals surface area contributed by atoms with E-state index in [2.05, 4.69) is 35.3 Å². The van der Waals surface area contributed by atoms with Gasteiger partial charge in [0.05, 0.1) is 23.1 Å². The number of halogens is 1. The number of nitriles is 1. The normalized spacial score (nSPS) is 11.1. The highest BCUT2D eigenvalue weighted by Crippen LogP contribution is 2.39. The van der Waals surface area contributed by atoms with Gasteiger partial charge >= 0.3 is 0 Å². The predicted octanol–water partition coefficient (Wildman–Crippen LogP) is 5.50. The van der Waals surface area contributed by atoms with Gasteiger partial charge in [0.1, 0.15) is 22.5 Å². The summed E-state index contributed by atoms with van der Waals surface area (Å²) in [6.07, 6.45) is 4.39. The van der Waals surface area contributed by atoms with Gasteiger partial charge in [-0.1, -0.05) is 18.3 Å². The van der Waals surface area contributed by atoms with Crippen LogP contribution in [-0.2, 0) is 6.42 Å². The van der Waals surface area contributed by atoms with Gasteiger partial charge < -0.3 is 4.90 Å². The molecule has 1 N–H and O–H groups in total. The van der Waals surface area contributed by atoms with Crippen LogP contribution in [0.3, 0.4) is 0 Å². The minimum atomic E-state index is -0.326. The van der Waals surface area contributed by atoms with E-state index in [0.717, 1.165) is 40.1 Å². The van der Waals surface area contributed by atoms with Crippen LogP contribution in [-0.4, -0.2) is 31.8 Å². The molecule has 5 aromatic rings. The maximum atomic E-state index is 13.4. The lowest BCUT2D eigenvalue weighted by Crippen LogP contribution is -2.10. The Balaban J connectivity index is 1.66. The van der Waals surface area contributed by atoms with Crippen LogP contribution in [0.1, 0.15) is 23.2 Å². The van der Waals surface area contributed by atoms with E-state index >= 15 is 0 Å². The molecule has 0 bridgehead atoms. The maximum absolute atomic E-state index is 13.4. The van der Waals surface area contributed by atoms with Gasteiger partial charge in [-0.15, -0.1) is 0 Å². The molecule has 0 atom stereocenters. The average molecular weight is 458 g/mol. The van der Waals surface area contributed by atoms with E-state index in [0.29, 0.717) is 21.3 Å². The first-order valence-electron chi connectivity index (χ1n) is 10.4. The van der Waals surface area contributed by atoms with Crippen LogP contribution in [0.25, 0.3) is 27.9 Å². The minimum Gasteiger partial charge on any atom is -0.317 e. The molecule has 0 radical (unpaired) electrons. The SMILES string of the molecule is CCc1nn2c(C)cc(-c3cn[nH]c3)cc2c1N(C)c1nc(-c2ccc(F)cc2)c(C#N)s1. The van der Waals surface area contributed by atoms with Crippen molar-refractivity contribution in [3.63, 3.8) is 0 Å². The third kappa shape index (κ3) is 3.54. The van der Waals surface area contributed by atoms with Crippen LogP contribution in [0.5, 0.6) is 0 Å². The largest absolute Gasteiger partial charge is 0.317 e. The fourth-order valence-electron chi connectivity index (χ4n) is 3.95. The van der Waals surface area contributed by atoms with Crippen LogP contribution < -0.4 is 4.90 Å². The van der Waals surface area contributed by atoms with Crippen molar-refractivity contribution < 1.29 is 4.39 Å². The standard InChI is InChI=1S/C24H20FN7S/c1-4-19-23(20-10-16(17-12-27-28-13-17)9-14(2)32(20)30-19)31(3)24-29-22(21(11-26)33-24)15-5-7-18(25)8-6-15/h5-10,12-13H,4H2,1-3H3,(H,27,28).